The van der Waals surface area contributed by atoms with Crippen LogP contribution in [0.15, 0.2) is 12.2 Å². The van der Waals surface area contributed by atoms with E-state index in [-0.39, 0.29) is 28.5 Å². The minimum atomic E-state index is -3.46. The molecule has 1 saturated heterocycles. The molecule has 3 aliphatic rings. The van der Waals surface area contributed by atoms with Crippen molar-refractivity contribution in [2.75, 3.05) is 5.75 Å². The van der Waals surface area contributed by atoms with Gasteiger partial charge in [-0.05, 0) is 37.0 Å². The number of sulfonamides is 1. The van der Waals surface area contributed by atoms with E-state index in [1.165, 1.54) is 10.4 Å². The maximum atomic E-state index is 12.5. The van der Waals surface area contributed by atoms with Gasteiger partial charge in [-0.25, -0.2) is 12.7 Å². The summed E-state index contributed by atoms with van der Waals surface area (Å²) in [6.07, 6.45) is 6.79. The van der Waals surface area contributed by atoms with Crippen LogP contribution in [-0.4, -0.2) is 30.4 Å². The van der Waals surface area contributed by atoms with Crippen LogP contribution in [0.25, 0.3) is 0 Å². The van der Waals surface area contributed by atoms with Crippen LogP contribution in [0.4, 0.5) is 0 Å². The smallest absolute Gasteiger partial charge is 0.259 e. The lowest BCUT2D eigenvalue weighted by atomic mass is 9.69. The Morgan fingerprint density at radius 1 is 1.40 bits per heavy atom. The van der Waals surface area contributed by atoms with E-state index in [4.69, 9.17) is 0 Å². The second kappa shape index (κ2) is 4.09. The van der Waals surface area contributed by atoms with Gasteiger partial charge < -0.3 is 0 Å². The van der Waals surface area contributed by atoms with Gasteiger partial charge in [0.15, 0.2) is 0 Å². The van der Waals surface area contributed by atoms with Gasteiger partial charge in [-0.1, -0.05) is 26.8 Å². The molecule has 2 saturated carbocycles. The average molecular weight is 297 g/mol. The first-order valence-corrected chi connectivity index (χ1v) is 9.10. The normalized spacial score (nSPS) is 40.5. The van der Waals surface area contributed by atoms with E-state index in [0.29, 0.717) is 5.92 Å². The molecule has 0 aromatic rings. The number of amides is 1. The van der Waals surface area contributed by atoms with Gasteiger partial charge in [-0.3, -0.25) is 4.79 Å². The molecule has 3 atom stereocenters. The first-order valence-electron chi connectivity index (χ1n) is 7.49. The molecule has 2 aliphatic carbocycles. The lowest BCUT2D eigenvalue weighted by Crippen LogP contribution is -2.43. The lowest BCUT2D eigenvalue weighted by molar-refractivity contribution is -0.124. The van der Waals surface area contributed by atoms with E-state index in [2.05, 4.69) is 13.8 Å². The molecule has 1 spiro atoms. The molecule has 0 aromatic carbocycles. The molecule has 4 nitrogen and oxygen atoms in total. The van der Waals surface area contributed by atoms with Gasteiger partial charge in [0, 0.05) is 11.5 Å². The molecule has 0 aromatic heterocycles. The Morgan fingerprint density at radius 3 is 2.70 bits per heavy atom. The molecule has 1 aliphatic heterocycles. The zero-order chi connectivity index (χ0) is 14.8. The van der Waals surface area contributed by atoms with Gasteiger partial charge in [-0.2, -0.15) is 0 Å². The fourth-order valence-electron chi connectivity index (χ4n) is 4.87. The summed E-state index contributed by atoms with van der Waals surface area (Å²) in [6.45, 7) is 6.32. The molecule has 5 heteroatoms. The minimum Gasteiger partial charge on any atom is -0.269 e. The summed E-state index contributed by atoms with van der Waals surface area (Å²) in [5.74, 6) is 0.352. The molecule has 3 fully saturated rings. The summed E-state index contributed by atoms with van der Waals surface area (Å²) in [7, 11) is -3.46. The number of nitrogens with zero attached hydrogens (tertiary/aromatic N) is 1. The SMILES string of the molecule is CC/C=C\C(=O)N1[C@H]2CC3CC[C@@]2(CS1(=O)=O)C3(C)C. The molecule has 2 bridgehead atoms. The number of allylic oxidation sites excluding steroid dienone is 1. The van der Waals surface area contributed by atoms with Gasteiger partial charge >= 0.3 is 0 Å². The number of hydrogen-bond donors (Lipinski definition) is 0. The van der Waals surface area contributed by atoms with E-state index >= 15 is 0 Å². The van der Waals surface area contributed by atoms with Crippen LogP contribution in [0, 0.1) is 16.7 Å². The van der Waals surface area contributed by atoms with Crippen LogP contribution >= 0.6 is 0 Å². The van der Waals surface area contributed by atoms with Crippen molar-refractivity contribution in [1.29, 1.82) is 0 Å². The lowest BCUT2D eigenvalue weighted by Gasteiger charge is -2.36. The Kier molecular flexibility index (Phi) is 2.89. The van der Waals surface area contributed by atoms with E-state index in [0.717, 1.165) is 25.7 Å². The van der Waals surface area contributed by atoms with Crippen LogP contribution in [0.1, 0.15) is 46.5 Å². The van der Waals surface area contributed by atoms with Crippen molar-refractivity contribution in [3.05, 3.63) is 12.2 Å². The van der Waals surface area contributed by atoms with Crippen LogP contribution in [0.3, 0.4) is 0 Å². The number of rotatable bonds is 2. The predicted molar refractivity (Wildman–Crippen MR) is 77.4 cm³/mol. The molecule has 0 radical (unpaired) electrons. The van der Waals surface area contributed by atoms with E-state index in [9.17, 15) is 13.2 Å². The van der Waals surface area contributed by atoms with Crippen molar-refractivity contribution in [2.45, 2.75) is 52.5 Å². The molecule has 3 rings (SSSR count). The highest BCUT2D eigenvalue weighted by Gasteiger charge is 2.72. The summed E-state index contributed by atoms with van der Waals surface area (Å²) in [5.41, 5.74) is -0.194. The second-order valence-corrected chi connectivity index (χ2v) is 8.91. The zero-order valence-electron chi connectivity index (χ0n) is 12.4. The van der Waals surface area contributed by atoms with Crippen molar-refractivity contribution >= 4 is 15.9 Å². The van der Waals surface area contributed by atoms with E-state index < -0.39 is 10.0 Å². The number of carbonyl (C=O) groups is 1. The third kappa shape index (κ3) is 1.53. The van der Waals surface area contributed by atoms with Crippen molar-refractivity contribution in [2.24, 2.45) is 16.7 Å². The van der Waals surface area contributed by atoms with Crippen molar-refractivity contribution in [1.82, 2.24) is 4.31 Å². The number of hydrogen-bond acceptors (Lipinski definition) is 3. The largest absolute Gasteiger partial charge is 0.269 e. The van der Waals surface area contributed by atoms with E-state index in [1.807, 2.05) is 6.92 Å². The fourth-order valence-corrected chi connectivity index (χ4v) is 7.38. The Bertz CT molecular complexity index is 578. The monoisotopic (exact) mass is 297 g/mol. The topological polar surface area (TPSA) is 54.5 Å². The highest BCUT2D eigenvalue weighted by atomic mass is 32.2. The van der Waals surface area contributed by atoms with Crippen molar-refractivity contribution < 1.29 is 13.2 Å². The third-order valence-electron chi connectivity index (χ3n) is 6.12. The third-order valence-corrected chi connectivity index (χ3v) is 8.04. The number of fused-ring (bicyclic) bond motifs is 1. The average Bonchev–Trinajstić information content (AvgIpc) is 2.82. The fraction of sp³-hybridized carbons (Fsp3) is 0.800. The van der Waals surface area contributed by atoms with Crippen molar-refractivity contribution in [3.8, 4) is 0 Å². The molecule has 112 valence electrons. The Balaban J connectivity index is 2.02. The molecule has 20 heavy (non-hydrogen) atoms. The molecular weight excluding hydrogens is 274 g/mol. The standard InChI is InChI=1S/C15H23NO3S/c1-4-5-6-13(17)16-12-9-11-7-8-15(12,14(11,2)3)10-20(16,18)19/h5-6,11-12H,4,7-10H2,1-3H3/b6-5-/t11?,12-,15-/m0/s1. The predicted octanol–water partition coefficient (Wildman–Crippen LogP) is 2.32. The van der Waals surface area contributed by atoms with Gasteiger partial charge in [0.2, 0.25) is 10.0 Å². The first kappa shape index (κ1) is 14.1. The Labute approximate surface area is 121 Å². The summed E-state index contributed by atoms with van der Waals surface area (Å²) < 4.78 is 26.3. The summed E-state index contributed by atoms with van der Waals surface area (Å²) in [5, 5.41) is 0. The maximum absolute atomic E-state index is 12.5. The second-order valence-electron chi connectivity index (χ2n) is 7.07. The molecule has 0 N–H and O–H groups in total. The van der Waals surface area contributed by atoms with Crippen LogP contribution < -0.4 is 0 Å². The molecule has 1 amide bonds. The summed E-state index contributed by atoms with van der Waals surface area (Å²) in [4.78, 5) is 12.3. The highest BCUT2D eigenvalue weighted by molar-refractivity contribution is 7.90. The van der Waals surface area contributed by atoms with Crippen molar-refractivity contribution in [3.63, 3.8) is 0 Å². The Hall–Kier alpha value is -0.840. The van der Waals surface area contributed by atoms with Crippen LogP contribution in [0.5, 0.6) is 0 Å². The highest BCUT2D eigenvalue weighted by Crippen LogP contribution is 2.69. The molecular formula is C15H23NO3S. The van der Waals surface area contributed by atoms with Crippen LogP contribution in [-0.2, 0) is 14.8 Å². The minimum absolute atomic E-state index is 0.0221. The quantitative estimate of drug-likeness (QED) is 0.735. The molecule has 1 unspecified atom stereocenters. The first-order chi connectivity index (χ1) is 9.26. The van der Waals surface area contributed by atoms with Gasteiger partial charge in [0.1, 0.15) is 0 Å². The van der Waals surface area contributed by atoms with Gasteiger partial charge in [0.05, 0.1) is 11.8 Å². The van der Waals surface area contributed by atoms with Gasteiger partial charge in [0.25, 0.3) is 5.91 Å². The zero-order valence-corrected chi connectivity index (χ0v) is 13.2. The van der Waals surface area contributed by atoms with E-state index in [1.54, 1.807) is 6.08 Å². The Morgan fingerprint density at radius 2 is 2.10 bits per heavy atom. The maximum Gasteiger partial charge on any atom is 0.259 e. The van der Waals surface area contributed by atoms with Gasteiger partial charge in [-0.15, -0.1) is 0 Å². The number of carbonyl (C=O) groups excluding carboxylic acids is 1. The summed E-state index contributed by atoms with van der Waals surface area (Å²) >= 11 is 0. The van der Waals surface area contributed by atoms with Crippen LogP contribution in [0.2, 0.25) is 0 Å². The molecule has 1 heterocycles. The summed E-state index contributed by atoms with van der Waals surface area (Å²) in [6, 6.07) is -0.116.